The van der Waals surface area contributed by atoms with E-state index in [0.29, 0.717) is 6.54 Å². The Morgan fingerprint density at radius 3 is 2.69 bits per heavy atom. The van der Waals surface area contributed by atoms with Gasteiger partial charge in [-0.25, -0.2) is 4.79 Å². The van der Waals surface area contributed by atoms with Gasteiger partial charge in [-0.15, -0.1) is 0 Å². The summed E-state index contributed by atoms with van der Waals surface area (Å²) in [6.45, 7) is 4.96. The lowest BCUT2D eigenvalue weighted by molar-refractivity contribution is -0.131. The van der Waals surface area contributed by atoms with Crippen LogP contribution in [0, 0.1) is 0 Å². The van der Waals surface area contributed by atoms with Crippen LogP contribution in [0.2, 0.25) is 0 Å². The summed E-state index contributed by atoms with van der Waals surface area (Å²) in [7, 11) is 0. The molecule has 1 aliphatic heterocycles. The summed E-state index contributed by atoms with van der Waals surface area (Å²) in [5.74, 6) is -0.704. The zero-order valence-electron chi connectivity index (χ0n) is 14.8. The molecule has 0 saturated carbocycles. The zero-order chi connectivity index (χ0) is 18.3. The van der Waals surface area contributed by atoms with Crippen molar-refractivity contribution in [2.45, 2.75) is 26.3 Å². The number of para-hydroxylation sites is 1. The molecule has 0 bridgehead atoms. The molecule has 1 aromatic heterocycles. The van der Waals surface area contributed by atoms with E-state index in [0.717, 1.165) is 33.4 Å². The molecule has 0 aliphatic carbocycles. The number of carboxylic acids is 1. The van der Waals surface area contributed by atoms with Gasteiger partial charge >= 0.3 is 5.97 Å². The van der Waals surface area contributed by atoms with Crippen LogP contribution in [0.5, 0.6) is 0 Å². The molecule has 0 unspecified atom stereocenters. The Morgan fingerprint density at radius 2 is 2.00 bits per heavy atom. The first-order valence-electron chi connectivity index (χ1n) is 8.73. The van der Waals surface area contributed by atoms with E-state index in [1.807, 2.05) is 24.4 Å². The fourth-order valence-corrected chi connectivity index (χ4v) is 3.69. The summed E-state index contributed by atoms with van der Waals surface area (Å²) < 4.78 is 2.24. The van der Waals surface area contributed by atoms with Crippen molar-refractivity contribution in [1.29, 1.82) is 0 Å². The van der Waals surface area contributed by atoms with Crippen LogP contribution in [0.1, 0.15) is 42.1 Å². The first-order valence-corrected chi connectivity index (χ1v) is 8.73. The van der Waals surface area contributed by atoms with Gasteiger partial charge in [-0.3, -0.25) is 4.99 Å². The average molecular weight is 344 g/mol. The molecular formula is C22H20N2O2. The highest BCUT2D eigenvalue weighted by atomic mass is 16.4. The van der Waals surface area contributed by atoms with Crippen molar-refractivity contribution in [3.8, 4) is 5.69 Å². The number of benzene rings is 2. The molecule has 4 rings (SSSR count). The number of hydrogen-bond acceptors (Lipinski definition) is 2. The van der Waals surface area contributed by atoms with Gasteiger partial charge in [-0.05, 0) is 47.4 Å². The second-order valence-electron chi connectivity index (χ2n) is 6.83. The van der Waals surface area contributed by atoms with Gasteiger partial charge in [-0.1, -0.05) is 32.0 Å². The minimum absolute atomic E-state index is 0.236. The Balaban J connectivity index is 2.11. The number of rotatable bonds is 4. The summed E-state index contributed by atoms with van der Waals surface area (Å²) in [5, 5.41) is 10.2. The summed E-state index contributed by atoms with van der Waals surface area (Å²) in [6.07, 6.45) is 4.86. The molecule has 0 atom stereocenters. The molecule has 26 heavy (non-hydrogen) atoms. The second-order valence-corrected chi connectivity index (χ2v) is 6.83. The number of aliphatic carboxylic acids is 1. The third kappa shape index (κ3) is 2.64. The molecule has 1 aliphatic rings. The molecule has 3 aromatic rings. The average Bonchev–Trinajstić information content (AvgIpc) is 3.20. The Kier molecular flexibility index (Phi) is 3.96. The van der Waals surface area contributed by atoms with Gasteiger partial charge in [0.2, 0.25) is 0 Å². The Hall–Kier alpha value is -3.14. The third-order valence-electron chi connectivity index (χ3n) is 4.75. The zero-order valence-corrected chi connectivity index (χ0v) is 14.8. The van der Waals surface area contributed by atoms with E-state index in [1.165, 1.54) is 11.6 Å². The summed E-state index contributed by atoms with van der Waals surface area (Å²) in [6, 6.07) is 14.5. The second kappa shape index (κ2) is 6.30. The maximum Gasteiger partial charge on any atom is 0.328 e. The topological polar surface area (TPSA) is 54.6 Å². The van der Waals surface area contributed by atoms with Crippen molar-refractivity contribution in [2.24, 2.45) is 4.99 Å². The first kappa shape index (κ1) is 16.3. The molecule has 2 heterocycles. The molecule has 0 radical (unpaired) electrons. The smallest absolute Gasteiger partial charge is 0.328 e. The normalized spacial score (nSPS) is 13.2. The van der Waals surface area contributed by atoms with Crippen molar-refractivity contribution in [1.82, 2.24) is 4.57 Å². The van der Waals surface area contributed by atoms with E-state index in [-0.39, 0.29) is 5.92 Å². The molecule has 0 saturated heterocycles. The van der Waals surface area contributed by atoms with Crippen LogP contribution in [0.4, 0.5) is 0 Å². The number of nitrogens with zero attached hydrogens (tertiary/aromatic N) is 2. The lowest BCUT2D eigenvalue weighted by Gasteiger charge is -2.14. The molecule has 1 N–H and O–H groups in total. The van der Waals surface area contributed by atoms with Gasteiger partial charge in [-0.2, -0.15) is 0 Å². The highest BCUT2D eigenvalue weighted by Gasteiger charge is 2.21. The van der Waals surface area contributed by atoms with E-state index >= 15 is 0 Å². The standard InChI is InChI=1S/C22H20N2O2/c1-14(2)22-18(8-9-21(25)26)19-10-15-12-23-13-16(15)11-20(19)24(22)17-6-4-3-5-7-17/h3-11,13-14H,12H2,1-2H3,(H,25,26)/b9-8+. The predicted octanol–water partition coefficient (Wildman–Crippen LogP) is 4.78. The Bertz CT molecular complexity index is 1060. The van der Waals surface area contributed by atoms with Crippen LogP contribution >= 0.6 is 0 Å². The molecule has 4 nitrogen and oxygen atoms in total. The maximum absolute atomic E-state index is 11.1. The SMILES string of the molecule is CC(C)c1c(/C=C/C(=O)O)c2cc3c(cc2n1-c1ccccc1)C=NC3. The lowest BCUT2D eigenvalue weighted by atomic mass is 10.0. The molecular weight excluding hydrogens is 324 g/mol. The molecule has 0 fully saturated rings. The number of hydrogen-bond donors (Lipinski definition) is 1. The summed E-state index contributed by atoms with van der Waals surface area (Å²) in [5.41, 5.74) is 6.56. The fraction of sp³-hybridized carbons (Fsp3) is 0.182. The van der Waals surface area contributed by atoms with Crippen molar-refractivity contribution in [2.75, 3.05) is 0 Å². The van der Waals surface area contributed by atoms with Gasteiger partial charge in [0.05, 0.1) is 12.1 Å². The van der Waals surface area contributed by atoms with Crippen LogP contribution in [0.3, 0.4) is 0 Å². The minimum Gasteiger partial charge on any atom is -0.478 e. The highest BCUT2D eigenvalue weighted by Crippen LogP contribution is 2.37. The van der Waals surface area contributed by atoms with Crippen molar-refractivity contribution < 1.29 is 9.90 Å². The Labute approximate surface area is 152 Å². The number of carboxylic acid groups (broad SMARTS) is 1. The van der Waals surface area contributed by atoms with Gasteiger partial charge in [0.15, 0.2) is 0 Å². The first-order chi connectivity index (χ1) is 12.6. The van der Waals surface area contributed by atoms with Crippen LogP contribution < -0.4 is 0 Å². The summed E-state index contributed by atoms with van der Waals surface area (Å²) in [4.78, 5) is 15.5. The molecule has 2 aromatic carbocycles. The van der Waals surface area contributed by atoms with Crippen LogP contribution in [-0.4, -0.2) is 21.9 Å². The van der Waals surface area contributed by atoms with Crippen molar-refractivity contribution in [3.05, 3.63) is 70.9 Å². The number of aliphatic imine (C=N–C) groups is 1. The van der Waals surface area contributed by atoms with Gasteiger partial charge < -0.3 is 9.67 Å². The third-order valence-corrected chi connectivity index (χ3v) is 4.75. The Morgan fingerprint density at radius 1 is 1.23 bits per heavy atom. The molecule has 130 valence electrons. The quantitative estimate of drug-likeness (QED) is 0.692. The monoisotopic (exact) mass is 344 g/mol. The molecule has 0 amide bonds. The van der Waals surface area contributed by atoms with Crippen LogP contribution in [0.15, 0.2) is 53.5 Å². The highest BCUT2D eigenvalue weighted by molar-refractivity contribution is 6.00. The van der Waals surface area contributed by atoms with E-state index in [1.54, 1.807) is 6.08 Å². The number of carbonyl (C=O) groups is 1. The fourth-order valence-electron chi connectivity index (χ4n) is 3.69. The number of aromatic nitrogens is 1. The van der Waals surface area contributed by atoms with E-state index in [2.05, 4.69) is 47.7 Å². The molecule has 0 spiro atoms. The lowest BCUT2D eigenvalue weighted by Crippen LogP contribution is -2.03. The molecule has 4 heteroatoms. The van der Waals surface area contributed by atoms with Crippen LogP contribution in [-0.2, 0) is 11.3 Å². The van der Waals surface area contributed by atoms with Crippen LogP contribution in [0.25, 0.3) is 22.7 Å². The van der Waals surface area contributed by atoms with Gasteiger partial charge in [0.1, 0.15) is 0 Å². The number of fused-ring (bicyclic) bond motifs is 2. The minimum atomic E-state index is -0.940. The predicted molar refractivity (Wildman–Crippen MR) is 105 cm³/mol. The van der Waals surface area contributed by atoms with Gasteiger partial charge in [0, 0.05) is 34.6 Å². The summed E-state index contributed by atoms with van der Waals surface area (Å²) >= 11 is 0. The van der Waals surface area contributed by atoms with E-state index in [9.17, 15) is 4.79 Å². The van der Waals surface area contributed by atoms with Crippen molar-refractivity contribution in [3.63, 3.8) is 0 Å². The van der Waals surface area contributed by atoms with Crippen molar-refractivity contribution >= 4 is 29.2 Å². The largest absolute Gasteiger partial charge is 0.478 e. The van der Waals surface area contributed by atoms with E-state index < -0.39 is 5.97 Å². The van der Waals surface area contributed by atoms with E-state index in [4.69, 9.17) is 5.11 Å². The van der Waals surface area contributed by atoms with Gasteiger partial charge in [0.25, 0.3) is 0 Å². The maximum atomic E-state index is 11.1.